The van der Waals surface area contributed by atoms with Crippen LogP contribution >= 0.6 is 0 Å². The Morgan fingerprint density at radius 1 is 0.947 bits per heavy atom. The molecule has 1 rings (SSSR count). The maximum absolute atomic E-state index is 9.64. The summed E-state index contributed by atoms with van der Waals surface area (Å²) in [5.41, 5.74) is 1.40. The summed E-state index contributed by atoms with van der Waals surface area (Å²) >= 11 is 0. The van der Waals surface area contributed by atoms with E-state index in [1.165, 1.54) is 5.56 Å². The lowest BCUT2D eigenvalue weighted by Crippen LogP contribution is -2.33. The number of hydrogen-bond acceptors (Lipinski definition) is 2. The fourth-order valence-corrected chi connectivity index (χ4v) is 1.35. The smallest absolute Gasteiger partial charge is 0.303 e. The second kappa shape index (κ2) is 8.26. The van der Waals surface area contributed by atoms with Crippen molar-refractivity contribution in [3.05, 3.63) is 35.9 Å². The Labute approximate surface area is 113 Å². The second-order valence-corrected chi connectivity index (χ2v) is 5.22. The molecule has 0 saturated carbocycles. The lowest BCUT2D eigenvalue weighted by atomic mass is 10.2. The molecule has 0 amide bonds. The van der Waals surface area contributed by atoms with Gasteiger partial charge in [0.15, 0.2) is 0 Å². The topological polar surface area (TPSA) is 74.6 Å². The molecule has 0 fully saturated rings. The summed E-state index contributed by atoms with van der Waals surface area (Å²) in [5, 5.41) is 15.8. The van der Waals surface area contributed by atoms with E-state index in [-0.39, 0.29) is 12.8 Å². The molecule has 0 unspecified atom stereocenters. The third-order valence-electron chi connectivity index (χ3n) is 2.05. The predicted molar refractivity (Wildman–Crippen MR) is 72.7 cm³/mol. The molecule has 2 N–H and O–H groups in total. The highest BCUT2D eigenvalue weighted by Crippen LogP contribution is 2.05. The molecule has 0 aliphatic carbocycles. The lowest BCUT2D eigenvalue weighted by molar-refractivity contribution is -0.884. The molecular formula is C14H22NO4+. The minimum atomic E-state index is -1.08. The summed E-state index contributed by atoms with van der Waals surface area (Å²) in [5.74, 6) is -2.15. The number of aliphatic carboxylic acids is 2. The first-order valence-corrected chi connectivity index (χ1v) is 5.98. The van der Waals surface area contributed by atoms with Crippen molar-refractivity contribution < 1.29 is 24.3 Å². The molecule has 5 nitrogen and oxygen atoms in total. The van der Waals surface area contributed by atoms with Gasteiger partial charge in [-0.05, 0) is 0 Å². The van der Waals surface area contributed by atoms with Crippen LogP contribution in [0.1, 0.15) is 18.4 Å². The van der Waals surface area contributed by atoms with Gasteiger partial charge in [0.2, 0.25) is 0 Å². The van der Waals surface area contributed by atoms with Crippen LogP contribution in [-0.4, -0.2) is 47.8 Å². The summed E-state index contributed by atoms with van der Waals surface area (Å²) in [7, 11) is 6.60. The number of quaternary nitrogens is 1. The first kappa shape index (κ1) is 17.1. The van der Waals surface area contributed by atoms with E-state index in [1.807, 2.05) is 0 Å². The minimum Gasteiger partial charge on any atom is -0.481 e. The highest BCUT2D eigenvalue weighted by atomic mass is 16.4. The highest BCUT2D eigenvalue weighted by Gasteiger charge is 2.06. The molecule has 0 spiro atoms. The number of hydrogen-bond donors (Lipinski definition) is 2. The van der Waals surface area contributed by atoms with E-state index in [2.05, 4.69) is 51.5 Å². The van der Waals surface area contributed by atoms with Crippen LogP contribution < -0.4 is 0 Å². The standard InChI is InChI=1S/C10H16N.C4H6O4/c1-11(2,3)9-10-7-5-4-6-8-10;5-3(6)1-2-4(7)8/h4-8H,9H2,1-3H3;1-2H2,(H,5,6)(H,7,8)/q+1;. The third kappa shape index (κ3) is 12.4. The summed E-state index contributed by atoms with van der Waals surface area (Å²) in [4.78, 5) is 19.3. The van der Waals surface area contributed by atoms with E-state index in [0.717, 1.165) is 11.0 Å². The Hall–Kier alpha value is -1.88. The average Bonchev–Trinajstić information content (AvgIpc) is 2.26. The number of carboxylic acids is 2. The van der Waals surface area contributed by atoms with Crippen molar-refractivity contribution in [2.24, 2.45) is 0 Å². The Bertz CT molecular complexity index is 382. The molecule has 106 valence electrons. The zero-order chi connectivity index (χ0) is 14.9. The zero-order valence-electron chi connectivity index (χ0n) is 11.7. The SMILES string of the molecule is C[N+](C)(C)Cc1ccccc1.O=C(O)CCC(=O)O. The molecular weight excluding hydrogens is 246 g/mol. The van der Waals surface area contributed by atoms with Crippen LogP contribution in [0.3, 0.4) is 0 Å². The molecule has 0 heterocycles. The Morgan fingerprint density at radius 2 is 1.37 bits per heavy atom. The lowest BCUT2D eigenvalue weighted by Gasteiger charge is -2.23. The van der Waals surface area contributed by atoms with Crippen LogP contribution in [0.15, 0.2) is 30.3 Å². The van der Waals surface area contributed by atoms with Gasteiger partial charge >= 0.3 is 11.9 Å². The van der Waals surface area contributed by atoms with Gasteiger partial charge < -0.3 is 14.7 Å². The fourth-order valence-electron chi connectivity index (χ4n) is 1.35. The normalized spacial score (nSPS) is 10.3. The maximum atomic E-state index is 9.64. The summed E-state index contributed by atoms with van der Waals surface area (Å²) in [6, 6.07) is 10.6. The van der Waals surface area contributed by atoms with Crippen LogP contribution in [0.25, 0.3) is 0 Å². The average molecular weight is 268 g/mol. The van der Waals surface area contributed by atoms with Gasteiger partial charge in [0.25, 0.3) is 0 Å². The Kier molecular flexibility index (Phi) is 7.44. The molecule has 1 aromatic rings. The van der Waals surface area contributed by atoms with E-state index in [4.69, 9.17) is 10.2 Å². The molecule has 0 radical (unpaired) electrons. The first-order chi connectivity index (χ1) is 8.70. The number of carbonyl (C=O) groups is 2. The molecule has 19 heavy (non-hydrogen) atoms. The summed E-state index contributed by atoms with van der Waals surface area (Å²) in [6.45, 7) is 1.10. The number of benzene rings is 1. The van der Waals surface area contributed by atoms with Crippen molar-refractivity contribution in [3.8, 4) is 0 Å². The first-order valence-electron chi connectivity index (χ1n) is 5.98. The molecule has 0 bridgehead atoms. The Balaban J connectivity index is 0.000000362. The molecule has 0 aliphatic rings. The number of carboxylic acid groups (broad SMARTS) is 2. The van der Waals surface area contributed by atoms with Crippen molar-refractivity contribution >= 4 is 11.9 Å². The van der Waals surface area contributed by atoms with Gasteiger partial charge in [-0.2, -0.15) is 0 Å². The summed E-state index contributed by atoms with van der Waals surface area (Å²) < 4.78 is 0.990. The van der Waals surface area contributed by atoms with Gasteiger partial charge in [0.1, 0.15) is 6.54 Å². The Morgan fingerprint density at radius 3 is 1.68 bits per heavy atom. The molecule has 0 saturated heterocycles. The monoisotopic (exact) mass is 268 g/mol. The molecule has 5 heteroatoms. The van der Waals surface area contributed by atoms with Gasteiger partial charge in [-0.15, -0.1) is 0 Å². The van der Waals surface area contributed by atoms with Gasteiger partial charge in [0.05, 0.1) is 34.0 Å². The van der Waals surface area contributed by atoms with E-state index in [0.29, 0.717) is 0 Å². The number of rotatable bonds is 5. The number of nitrogens with zero attached hydrogens (tertiary/aromatic N) is 1. The van der Waals surface area contributed by atoms with Crippen LogP contribution in [-0.2, 0) is 16.1 Å². The van der Waals surface area contributed by atoms with E-state index in [1.54, 1.807) is 0 Å². The largest absolute Gasteiger partial charge is 0.481 e. The van der Waals surface area contributed by atoms with Gasteiger partial charge in [-0.3, -0.25) is 9.59 Å². The van der Waals surface area contributed by atoms with E-state index < -0.39 is 11.9 Å². The van der Waals surface area contributed by atoms with Crippen molar-refractivity contribution in [2.45, 2.75) is 19.4 Å². The van der Waals surface area contributed by atoms with Crippen LogP contribution in [0, 0.1) is 0 Å². The van der Waals surface area contributed by atoms with Gasteiger partial charge in [-0.1, -0.05) is 30.3 Å². The van der Waals surface area contributed by atoms with Crippen molar-refractivity contribution in [2.75, 3.05) is 21.1 Å². The molecule has 0 aromatic heterocycles. The van der Waals surface area contributed by atoms with Crippen LogP contribution in [0.5, 0.6) is 0 Å². The molecule has 1 aromatic carbocycles. The van der Waals surface area contributed by atoms with Gasteiger partial charge in [0, 0.05) is 5.56 Å². The molecule has 0 atom stereocenters. The fraction of sp³-hybridized carbons (Fsp3) is 0.429. The van der Waals surface area contributed by atoms with Crippen LogP contribution in [0.4, 0.5) is 0 Å². The third-order valence-corrected chi connectivity index (χ3v) is 2.05. The van der Waals surface area contributed by atoms with Gasteiger partial charge in [-0.25, -0.2) is 0 Å². The van der Waals surface area contributed by atoms with Crippen LogP contribution in [0.2, 0.25) is 0 Å². The second-order valence-electron chi connectivity index (χ2n) is 5.22. The van der Waals surface area contributed by atoms with Crippen molar-refractivity contribution in [3.63, 3.8) is 0 Å². The minimum absolute atomic E-state index is 0.296. The predicted octanol–water partition coefficient (Wildman–Crippen LogP) is 1.83. The highest BCUT2D eigenvalue weighted by molar-refractivity contribution is 5.75. The summed E-state index contributed by atoms with van der Waals surface area (Å²) in [6.07, 6.45) is -0.593. The van der Waals surface area contributed by atoms with E-state index in [9.17, 15) is 9.59 Å². The van der Waals surface area contributed by atoms with E-state index >= 15 is 0 Å². The van der Waals surface area contributed by atoms with Crippen molar-refractivity contribution in [1.29, 1.82) is 0 Å². The zero-order valence-corrected chi connectivity index (χ0v) is 11.7. The van der Waals surface area contributed by atoms with Crippen molar-refractivity contribution in [1.82, 2.24) is 0 Å². The maximum Gasteiger partial charge on any atom is 0.303 e. The quantitative estimate of drug-likeness (QED) is 0.799. The molecule has 0 aliphatic heterocycles.